The second kappa shape index (κ2) is 3.45. The Balaban J connectivity index is 3.82. The maximum absolute atomic E-state index is 12.3. The Kier molecular flexibility index (Phi) is 3.21. The average molecular weight is 114 g/mol. The highest BCUT2D eigenvalue weighted by atomic mass is 19.1. The summed E-state index contributed by atoms with van der Waals surface area (Å²) in [7, 11) is 0. The summed E-state index contributed by atoms with van der Waals surface area (Å²) < 4.78 is 12.3. The van der Waals surface area contributed by atoms with Crippen LogP contribution in [0.4, 0.5) is 4.39 Å². The molecular formula is C7H11F. The minimum Gasteiger partial charge on any atom is -0.202 e. The van der Waals surface area contributed by atoms with Gasteiger partial charge in [0.1, 0.15) is 5.83 Å². The predicted molar refractivity (Wildman–Crippen MR) is 33.2 cm³/mol. The van der Waals surface area contributed by atoms with E-state index in [-0.39, 0.29) is 11.7 Å². The zero-order valence-corrected chi connectivity index (χ0v) is 5.37. The van der Waals surface area contributed by atoms with Crippen molar-refractivity contribution in [1.29, 1.82) is 0 Å². The first-order valence-corrected chi connectivity index (χ1v) is 2.77. The largest absolute Gasteiger partial charge is 0.202 e. The van der Waals surface area contributed by atoms with E-state index in [0.717, 1.165) is 6.42 Å². The van der Waals surface area contributed by atoms with Gasteiger partial charge in [-0.3, -0.25) is 0 Å². The van der Waals surface area contributed by atoms with E-state index >= 15 is 0 Å². The second-order valence-electron chi connectivity index (χ2n) is 1.83. The number of rotatable bonds is 2. The quantitative estimate of drug-likeness (QED) is 0.484. The highest BCUT2D eigenvalue weighted by Gasteiger charge is 2.01. The lowest BCUT2D eigenvalue weighted by Gasteiger charge is -1.99. The summed E-state index contributed by atoms with van der Waals surface area (Å²) in [6, 6.07) is 0. The molecule has 1 unspecified atom stereocenters. The third-order valence-corrected chi connectivity index (χ3v) is 1.21. The second-order valence-corrected chi connectivity index (χ2v) is 1.83. The summed E-state index contributed by atoms with van der Waals surface area (Å²) in [4.78, 5) is 0. The van der Waals surface area contributed by atoms with E-state index in [1.165, 1.54) is 0 Å². The standard InChI is InChI=1S/C7H11F/c1-4-6(3)7(8)5-2/h6H,2,4H2,1,3H3. The van der Waals surface area contributed by atoms with Crippen molar-refractivity contribution in [1.82, 2.24) is 0 Å². The molecule has 46 valence electrons. The fourth-order valence-electron chi connectivity index (χ4n) is 0.353. The van der Waals surface area contributed by atoms with Crippen LogP contribution in [0.1, 0.15) is 20.3 Å². The molecule has 0 aromatic heterocycles. The van der Waals surface area contributed by atoms with Crippen molar-refractivity contribution in [3.63, 3.8) is 0 Å². The van der Waals surface area contributed by atoms with Gasteiger partial charge in [0.25, 0.3) is 0 Å². The van der Waals surface area contributed by atoms with Crippen LogP contribution in [0.25, 0.3) is 0 Å². The van der Waals surface area contributed by atoms with Gasteiger partial charge in [0.05, 0.1) is 0 Å². The normalized spacial score (nSPS) is 12.4. The molecule has 0 nitrogen and oxygen atoms in total. The fourth-order valence-corrected chi connectivity index (χ4v) is 0.353. The minimum atomic E-state index is -0.229. The molecule has 0 heterocycles. The van der Waals surface area contributed by atoms with Crippen LogP contribution in [0.5, 0.6) is 0 Å². The van der Waals surface area contributed by atoms with E-state index < -0.39 is 0 Å². The summed E-state index contributed by atoms with van der Waals surface area (Å²) in [6.07, 6.45) is 0.814. The first-order valence-electron chi connectivity index (χ1n) is 2.77. The smallest absolute Gasteiger partial charge is 0.144 e. The van der Waals surface area contributed by atoms with E-state index in [0.29, 0.717) is 0 Å². The van der Waals surface area contributed by atoms with Crippen LogP contribution in [0.3, 0.4) is 0 Å². The number of hydrogen-bond acceptors (Lipinski definition) is 0. The lowest BCUT2D eigenvalue weighted by molar-refractivity contribution is 0.484. The Labute approximate surface area is 49.7 Å². The van der Waals surface area contributed by atoms with E-state index in [4.69, 9.17) is 0 Å². The lowest BCUT2D eigenvalue weighted by Crippen LogP contribution is -1.89. The zero-order valence-electron chi connectivity index (χ0n) is 5.37. The predicted octanol–water partition coefficient (Wildman–Crippen LogP) is 2.67. The van der Waals surface area contributed by atoms with E-state index in [2.05, 4.69) is 12.3 Å². The minimum absolute atomic E-state index is 0.00694. The van der Waals surface area contributed by atoms with Gasteiger partial charge in [-0.1, -0.05) is 26.2 Å². The molecule has 0 aliphatic rings. The van der Waals surface area contributed by atoms with Gasteiger partial charge in [0.2, 0.25) is 0 Å². The van der Waals surface area contributed by atoms with E-state index in [1.807, 2.05) is 13.8 Å². The van der Waals surface area contributed by atoms with Crippen molar-refractivity contribution in [3.8, 4) is 0 Å². The van der Waals surface area contributed by atoms with Crippen LogP contribution < -0.4 is 0 Å². The Morgan fingerprint density at radius 2 is 2.38 bits per heavy atom. The van der Waals surface area contributed by atoms with Crippen LogP contribution in [0.15, 0.2) is 18.1 Å². The Morgan fingerprint density at radius 1 is 1.88 bits per heavy atom. The maximum Gasteiger partial charge on any atom is 0.144 e. The Morgan fingerprint density at radius 3 is 2.50 bits per heavy atom. The van der Waals surface area contributed by atoms with Gasteiger partial charge in [-0.15, -0.1) is 0 Å². The molecule has 0 spiro atoms. The average Bonchev–Trinajstić information content (AvgIpc) is 1.84. The number of hydrogen-bond donors (Lipinski definition) is 0. The Hall–Kier alpha value is -0.550. The molecule has 8 heavy (non-hydrogen) atoms. The van der Waals surface area contributed by atoms with Crippen molar-refractivity contribution in [2.24, 2.45) is 5.92 Å². The van der Waals surface area contributed by atoms with Gasteiger partial charge in [-0.25, -0.2) is 4.39 Å². The molecule has 1 heteroatoms. The van der Waals surface area contributed by atoms with Crippen molar-refractivity contribution < 1.29 is 4.39 Å². The molecule has 0 bridgehead atoms. The van der Waals surface area contributed by atoms with Gasteiger partial charge < -0.3 is 0 Å². The molecule has 0 aliphatic heterocycles. The van der Waals surface area contributed by atoms with Crippen molar-refractivity contribution in [2.75, 3.05) is 0 Å². The van der Waals surface area contributed by atoms with Crippen LogP contribution in [-0.4, -0.2) is 0 Å². The molecule has 0 aromatic carbocycles. The maximum atomic E-state index is 12.3. The molecule has 0 N–H and O–H groups in total. The molecule has 0 rings (SSSR count). The highest BCUT2D eigenvalue weighted by Crippen LogP contribution is 2.12. The van der Waals surface area contributed by atoms with Gasteiger partial charge in [0, 0.05) is 5.92 Å². The topological polar surface area (TPSA) is 0 Å². The molecule has 0 amide bonds. The Bertz CT molecular complexity index is 110. The molecule has 0 fully saturated rings. The number of allylic oxidation sites excluding steroid dienone is 1. The highest BCUT2D eigenvalue weighted by molar-refractivity contribution is 4.91. The monoisotopic (exact) mass is 114 g/mol. The summed E-state index contributed by atoms with van der Waals surface area (Å²) in [5.41, 5.74) is 2.22. The molecular weight excluding hydrogens is 103 g/mol. The molecule has 0 aromatic rings. The zero-order chi connectivity index (χ0) is 6.57. The third-order valence-electron chi connectivity index (χ3n) is 1.21. The van der Waals surface area contributed by atoms with Crippen LogP contribution in [-0.2, 0) is 0 Å². The summed E-state index contributed by atoms with van der Waals surface area (Å²) in [5.74, 6) is -0.236. The van der Waals surface area contributed by atoms with Crippen molar-refractivity contribution in [2.45, 2.75) is 20.3 Å². The van der Waals surface area contributed by atoms with Gasteiger partial charge >= 0.3 is 0 Å². The fraction of sp³-hybridized carbons (Fsp3) is 0.571. The van der Waals surface area contributed by atoms with Crippen molar-refractivity contribution in [3.05, 3.63) is 18.1 Å². The van der Waals surface area contributed by atoms with Gasteiger partial charge in [-0.2, -0.15) is 0 Å². The van der Waals surface area contributed by atoms with Gasteiger partial charge in [0.15, 0.2) is 0 Å². The van der Waals surface area contributed by atoms with Crippen LogP contribution >= 0.6 is 0 Å². The SMILES string of the molecule is C=C=C(F)C(C)CC. The summed E-state index contributed by atoms with van der Waals surface area (Å²) >= 11 is 0. The number of halogens is 1. The molecule has 0 aliphatic carbocycles. The third kappa shape index (κ3) is 1.94. The van der Waals surface area contributed by atoms with Gasteiger partial charge in [-0.05, 0) is 6.42 Å². The van der Waals surface area contributed by atoms with Crippen LogP contribution in [0, 0.1) is 5.92 Å². The van der Waals surface area contributed by atoms with E-state index in [9.17, 15) is 4.39 Å². The van der Waals surface area contributed by atoms with Crippen LogP contribution in [0.2, 0.25) is 0 Å². The molecule has 0 saturated heterocycles. The molecule has 0 saturated carbocycles. The van der Waals surface area contributed by atoms with Crippen molar-refractivity contribution >= 4 is 0 Å². The summed E-state index contributed by atoms with van der Waals surface area (Å²) in [6.45, 7) is 6.94. The molecule has 0 radical (unpaired) electrons. The van der Waals surface area contributed by atoms with E-state index in [1.54, 1.807) is 0 Å². The first-order chi connectivity index (χ1) is 3.72. The lowest BCUT2D eigenvalue weighted by atomic mass is 10.1. The summed E-state index contributed by atoms with van der Waals surface area (Å²) in [5, 5.41) is 0. The molecule has 1 atom stereocenters. The first kappa shape index (κ1) is 7.45.